The van der Waals surface area contributed by atoms with Crippen molar-refractivity contribution in [2.45, 2.75) is 69.9 Å². The second-order valence-corrected chi connectivity index (χ2v) is 16.1. The fourth-order valence-corrected chi connectivity index (χ4v) is 10.7. The second-order valence-electron chi connectivity index (χ2n) is 12.1. The molecule has 1 unspecified atom stereocenters. The van der Waals surface area contributed by atoms with Gasteiger partial charge in [0.15, 0.2) is 8.07 Å². The van der Waals surface area contributed by atoms with Gasteiger partial charge in [0.1, 0.15) is 0 Å². The third-order valence-electron chi connectivity index (χ3n) is 8.65. The van der Waals surface area contributed by atoms with E-state index >= 15 is 0 Å². The van der Waals surface area contributed by atoms with E-state index in [9.17, 15) is 39.5 Å². The predicted octanol–water partition coefficient (Wildman–Crippen LogP) is 8.35. The van der Waals surface area contributed by atoms with Crippen LogP contribution in [0.4, 0.5) is 39.5 Å². The number of hydrogen-bond acceptors (Lipinski definition) is 2. The van der Waals surface area contributed by atoms with Crippen LogP contribution in [-0.4, -0.2) is 26.4 Å². The number of rotatable bonds is 7. The summed E-state index contributed by atoms with van der Waals surface area (Å²) in [6, 6.07) is 12.7. The zero-order valence-corrected chi connectivity index (χ0v) is 26.6. The molecule has 2 nitrogen and oxygen atoms in total. The minimum absolute atomic E-state index is 0.335. The molecule has 1 aliphatic rings. The Morgan fingerprint density at radius 1 is 0.565 bits per heavy atom. The highest BCUT2D eigenvalue weighted by molar-refractivity contribution is 7.13. The summed E-state index contributed by atoms with van der Waals surface area (Å²) >= 11 is 0. The van der Waals surface area contributed by atoms with E-state index in [0.717, 1.165) is 36.4 Å². The van der Waals surface area contributed by atoms with Gasteiger partial charge in [-0.05, 0) is 50.2 Å². The van der Waals surface area contributed by atoms with E-state index in [1.54, 1.807) is 31.1 Å². The van der Waals surface area contributed by atoms with Crippen molar-refractivity contribution in [1.29, 1.82) is 0 Å². The van der Waals surface area contributed by atoms with Gasteiger partial charge in [0.25, 0.3) is 0 Å². The third-order valence-corrected chi connectivity index (χ3v) is 13.8. The molecule has 1 fully saturated rings. The maximum absolute atomic E-state index is 13.6. The lowest BCUT2D eigenvalue weighted by Crippen LogP contribution is -2.69. The lowest BCUT2D eigenvalue weighted by atomic mass is 9.89. The normalized spacial score (nSPS) is 18.1. The first-order chi connectivity index (χ1) is 21.1. The van der Waals surface area contributed by atoms with Crippen molar-refractivity contribution in [3.8, 4) is 0 Å². The van der Waals surface area contributed by atoms with Crippen LogP contribution in [0.15, 0.2) is 97.0 Å². The van der Waals surface area contributed by atoms with Crippen molar-refractivity contribution >= 4 is 30.8 Å². The van der Waals surface area contributed by atoms with Gasteiger partial charge in [-0.15, -0.1) is 0 Å². The molecular weight excluding hydrogens is 638 g/mol. The Morgan fingerprint density at radius 2 is 0.870 bits per heavy atom. The van der Waals surface area contributed by atoms with Crippen molar-refractivity contribution in [1.82, 2.24) is 0 Å². The molecule has 0 spiro atoms. The monoisotopic (exact) mass is 670 g/mol. The molecule has 0 saturated carbocycles. The smallest absolute Gasteiger partial charge is 0.400 e. The second kappa shape index (κ2) is 12.4. The quantitative estimate of drug-likeness (QED) is 0.109. The predicted molar refractivity (Wildman–Crippen MR) is 163 cm³/mol. The number of halogens is 9. The minimum atomic E-state index is -4.68. The molecule has 13 heteroatoms. The molecule has 0 aliphatic carbocycles. The largest absolute Gasteiger partial charge is 0.486 e. The van der Waals surface area contributed by atoms with Crippen LogP contribution in [0.3, 0.4) is 0 Å². The van der Waals surface area contributed by atoms with Crippen LogP contribution in [0.25, 0.3) is 0 Å². The highest BCUT2D eigenvalue weighted by Gasteiger charge is 2.51. The Morgan fingerprint density at radius 3 is 1.13 bits per heavy atom. The summed E-state index contributed by atoms with van der Waals surface area (Å²) in [6.07, 6.45) is -8.90. The highest BCUT2D eigenvalue weighted by Crippen LogP contribution is 2.38. The summed E-state index contributed by atoms with van der Waals surface area (Å²) in [5.41, 5.74) is -5.00. The topological polar surface area (TPSA) is 18.5 Å². The Labute approximate surface area is 263 Å². The fraction of sp³-hybridized carbons (Fsp3) is 0.333. The van der Waals surface area contributed by atoms with Crippen LogP contribution in [0, 0.1) is 0 Å². The molecule has 0 bridgehead atoms. The first-order valence-corrected chi connectivity index (χ1v) is 16.4. The van der Waals surface area contributed by atoms with Gasteiger partial charge in [0.2, 0.25) is 0 Å². The van der Waals surface area contributed by atoms with Gasteiger partial charge < -0.3 is 9.31 Å². The average molecular weight is 670 g/mol. The summed E-state index contributed by atoms with van der Waals surface area (Å²) in [5.74, 6) is 1.63. The maximum Gasteiger partial charge on any atom is 0.486 e. The van der Waals surface area contributed by atoms with Crippen molar-refractivity contribution < 1.29 is 48.8 Å². The van der Waals surface area contributed by atoms with Crippen molar-refractivity contribution in [2.24, 2.45) is 0 Å². The maximum atomic E-state index is 13.6. The number of benzene rings is 3. The van der Waals surface area contributed by atoms with Crippen LogP contribution < -0.4 is 15.6 Å². The molecule has 0 radical (unpaired) electrons. The summed E-state index contributed by atoms with van der Waals surface area (Å²) in [7, 11) is -4.70. The molecule has 0 N–H and O–H groups in total. The van der Waals surface area contributed by atoms with E-state index in [0.29, 0.717) is 15.6 Å². The van der Waals surface area contributed by atoms with Gasteiger partial charge in [-0.3, -0.25) is 0 Å². The lowest BCUT2D eigenvalue weighted by Gasteiger charge is -2.39. The number of hydrogen-bond donors (Lipinski definition) is 0. The van der Waals surface area contributed by atoms with Crippen LogP contribution in [0.5, 0.6) is 0 Å². The van der Waals surface area contributed by atoms with E-state index < -0.39 is 67.2 Å². The lowest BCUT2D eigenvalue weighted by molar-refractivity contribution is -0.138. The van der Waals surface area contributed by atoms with Crippen LogP contribution in [0.1, 0.15) is 51.3 Å². The minimum Gasteiger partial charge on any atom is -0.400 e. The van der Waals surface area contributed by atoms with Crippen LogP contribution >= 0.6 is 0 Å². The van der Waals surface area contributed by atoms with E-state index in [1.165, 1.54) is 36.4 Å². The van der Waals surface area contributed by atoms with Gasteiger partial charge in [-0.1, -0.05) is 97.0 Å². The van der Waals surface area contributed by atoms with Gasteiger partial charge in [0, 0.05) is 5.54 Å². The van der Waals surface area contributed by atoms with Crippen LogP contribution in [0.2, 0.25) is 5.54 Å². The van der Waals surface area contributed by atoms with Crippen molar-refractivity contribution in [3.05, 3.63) is 114 Å². The van der Waals surface area contributed by atoms with E-state index in [1.807, 2.05) is 27.7 Å². The summed E-state index contributed by atoms with van der Waals surface area (Å²) in [5, 5.41) is 1.00. The average Bonchev–Trinajstić information content (AvgIpc) is 3.17. The van der Waals surface area contributed by atoms with Crippen molar-refractivity contribution in [2.75, 3.05) is 0 Å². The van der Waals surface area contributed by atoms with E-state index in [4.69, 9.17) is 9.31 Å². The fourth-order valence-electron chi connectivity index (χ4n) is 5.58. The molecule has 3 aromatic carbocycles. The molecule has 246 valence electrons. The highest BCUT2D eigenvalue weighted by atomic mass is 28.3. The zero-order valence-electron chi connectivity index (χ0n) is 25.6. The van der Waals surface area contributed by atoms with Crippen LogP contribution in [-0.2, 0) is 27.8 Å². The molecule has 1 aliphatic heterocycles. The third kappa shape index (κ3) is 7.01. The summed E-state index contributed by atoms with van der Waals surface area (Å²) in [4.78, 5) is 0. The Balaban J connectivity index is 2.04. The zero-order chi connectivity index (χ0) is 34.3. The van der Waals surface area contributed by atoms with Gasteiger partial charge in [0.05, 0.1) is 27.9 Å². The number of allylic oxidation sites excluding steroid dienone is 3. The summed E-state index contributed by atoms with van der Waals surface area (Å²) in [6.45, 7) is 9.07. The molecule has 1 saturated heterocycles. The van der Waals surface area contributed by atoms with Gasteiger partial charge in [-0.25, -0.2) is 0 Å². The Kier molecular flexibility index (Phi) is 9.58. The molecule has 3 aromatic rings. The first-order valence-electron chi connectivity index (χ1n) is 14.3. The standard InChI is InChI=1S/C33H32BF9O2Si/c1-6-7-25(20-21-34-44-29(2,3)30(4,5)45-34)46(26-14-8-22(9-15-26)31(35,36)37,27-16-10-23(11-17-27)32(38,39)40)28-18-12-24(13-19-28)33(41,42)43/h6-21,25H,1-5H3/b7-6-,21-20+. The van der Waals surface area contributed by atoms with Gasteiger partial charge in [-0.2, -0.15) is 39.5 Å². The Bertz CT molecular complexity index is 1400. The molecule has 0 amide bonds. The first kappa shape index (κ1) is 35.6. The molecule has 1 atom stereocenters. The molecule has 0 aromatic heterocycles. The molecule has 1 heterocycles. The molecular formula is C33H32BF9O2Si. The Hall–Kier alpha value is -3.29. The summed E-state index contributed by atoms with van der Waals surface area (Å²) < 4.78 is 135. The van der Waals surface area contributed by atoms with E-state index in [2.05, 4.69) is 0 Å². The van der Waals surface area contributed by atoms with E-state index in [-0.39, 0.29) is 0 Å². The number of alkyl halides is 9. The van der Waals surface area contributed by atoms with Gasteiger partial charge >= 0.3 is 25.6 Å². The molecule has 46 heavy (non-hydrogen) atoms. The van der Waals surface area contributed by atoms with Crippen molar-refractivity contribution in [3.63, 3.8) is 0 Å². The molecule has 4 rings (SSSR count). The SMILES string of the molecule is C/C=C\C(/C=C/B1OC(C)(C)C(C)(C)O1)[Si](c1ccc(C(F)(F)F)cc1)(c1ccc(C(F)(F)F)cc1)c1ccc(C(F)(F)F)cc1.